The second kappa shape index (κ2) is 24.8. The number of benzene rings is 4. The minimum atomic E-state index is -1.17. The molecule has 4 aromatic rings. The Morgan fingerprint density at radius 3 is 1.38 bits per heavy atom. The smallest absolute Gasteiger partial charge is 0.318 e. The monoisotopic (exact) mass is 956 g/mol. The van der Waals surface area contributed by atoms with Crippen LogP contribution in [0.5, 0.6) is 0 Å². The average Bonchev–Trinajstić information content (AvgIpc) is 3.57. The molecule has 2 fully saturated rings. The number of methoxy groups -OCH3 is 2. The van der Waals surface area contributed by atoms with Crippen molar-refractivity contribution in [2.24, 2.45) is 28.4 Å². The first-order chi connectivity index (χ1) is 34.4. The number of nitrogens with two attached hydrogens (primary N) is 1. The zero-order valence-electron chi connectivity index (χ0n) is 41.0. The Balaban J connectivity index is 0.000000217. The van der Waals surface area contributed by atoms with Crippen molar-refractivity contribution in [2.45, 2.75) is 84.2 Å². The average molecular weight is 957 g/mol. The van der Waals surface area contributed by atoms with Gasteiger partial charge in [0.15, 0.2) is 0 Å². The fourth-order valence-corrected chi connectivity index (χ4v) is 10.5. The van der Waals surface area contributed by atoms with Crippen LogP contribution in [0.2, 0.25) is 0 Å². The van der Waals surface area contributed by atoms with Gasteiger partial charge in [0.05, 0.1) is 52.2 Å². The SMILES string of the molecule is C#CCN.C#CCNC(=O)C[C@@H]1C(=O)N(Cc2ccc(-c3ccccc3)cc2)C2=CCCCC[C@]21C(=O)OC.COC(=O)[C@@]12CCCCC=C1N(Cc1ccc(-c3ccccc3)cc1)C(=O)[C@H]2CC(C)=O. The summed E-state index contributed by atoms with van der Waals surface area (Å²) in [7, 11) is 2.70. The predicted molar refractivity (Wildman–Crippen MR) is 273 cm³/mol. The van der Waals surface area contributed by atoms with Gasteiger partial charge in [-0.2, -0.15) is 0 Å². The van der Waals surface area contributed by atoms with Crippen LogP contribution in [0.4, 0.5) is 0 Å². The van der Waals surface area contributed by atoms with Gasteiger partial charge in [0, 0.05) is 24.2 Å². The molecule has 12 heteroatoms. The van der Waals surface area contributed by atoms with Crippen LogP contribution in [-0.4, -0.2) is 72.6 Å². The molecule has 368 valence electrons. The van der Waals surface area contributed by atoms with Crippen LogP contribution in [0, 0.1) is 47.4 Å². The molecule has 0 aromatic heterocycles. The van der Waals surface area contributed by atoms with Crippen molar-refractivity contribution in [2.75, 3.05) is 27.3 Å². The second-order valence-corrected chi connectivity index (χ2v) is 18.2. The number of carbonyl (C=O) groups is 6. The maximum absolute atomic E-state index is 13.8. The highest BCUT2D eigenvalue weighted by Gasteiger charge is 2.62. The minimum absolute atomic E-state index is 0.0503. The van der Waals surface area contributed by atoms with Crippen molar-refractivity contribution in [3.05, 3.63) is 144 Å². The summed E-state index contributed by atoms with van der Waals surface area (Å²) < 4.78 is 10.4. The Hall–Kier alpha value is -7.54. The summed E-state index contributed by atoms with van der Waals surface area (Å²) in [5.74, 6) is 1.34. The summed E-state index contributed by atoms with van der Waals surface area (Å²) in [5, 5.41) is 2.63. The number of nitrogens with one attached hydrogen (secondary N) is 1. The minimum Gasteiger partial charge on any atom is -0.468 e. The lowest BCUT2D eigenvalue weighted by Crippen LogP contribution is -2.41. The molecule has 4 atom stereocenters. The zero-order valence-corrected chi connectivity index (χ0v) is 41.0. The predicted octanol–water partition coefficient (Wildman–Crippen LogP) is 8.56. The highest BCUT2D eigenvalue weighted by atomic mass is 16.5. The van der Waals surface area contributed by atoms with E-state index in [1.807, 2.05) is 97.1 Å². The first-order valence-corrected chi connectivity index (χ1v) is 24.2. The third-order valence-electron chi connectivity index (χ3n) is 13.8. The number of Topliss-reactive ketones (excluding diaryl/α,β-unsaturated/α-hetero) is 1. The number of ether oxygens (including phenoxy) is 2. The number of fused-ring (bicyclic) bond motifs is 2. The second-order valence-electron chi connectivity index (χ2n) is 18.2. The van der Waals surface area contributed by atoms with E-state index < -0.39 is 34.6 Å². The van der Waals surface area contributed by atoms with Crippen LogP contribution in [0.3, 0.4) is 0 Å². The van der Waals surface area contributed by atoms with E-state index in [0.717, 1.165) is 71.9 Å². The fourth-order valence-electron chi connectivity index (χ4n) is 10.5. The number of esters is 2. The Morgan fingerprint density at radius 2 is 1.01 bits per heavy atom. The van der Waals surface area contributed by atoms with Gasteiger partial charge in [0.2, 0.25) is 17.7 Å². The van der Waals surface area contributed by atoms with Gasteiger partial charge in [0.1, 0.15) is 16.6 Å². The number of terminal acetylenes is 2. The number of hydrogen-bond donors (Lipinski definition) is 2. The van der Waals surface area contributed by atoms with E-state index >= 15 is 0 Å². The molecule has 8 rings (SSSR count). The summed E-state index contributed by atoms with van der Waals surface area (Å²) in [5.41, 5.74) is 10.3. The maximum atomic E-state index is 13.8. The van der Waals surface area contributed by atoms with E-state index in [1.165, 1.54) is 21.1 Å². The van der Waals surface area contributed by atoms with Crippen molar-refractivity contribution in [1.82, 2.24) is 15.1 Å². The van der Waals surface area contributed by atoms with Crippen molar-refractivity contribution >= 4 is 35.4 Å². The zero-order chi connectivity index (χ0) is 51.0. The molecule has 12 nitrogen and oxygen atoms in total. The molecular weight excluding hydrogens is 893 g/mol. The lowest BCUT2D eigenvalue weighted by atomic mass is 9.70. The lowest BCUT2D eigenvalue weighted by Gasteiger charge is -2.31. The Bertz CT molecular complexity index is 2680. The van der Waals surface area contributed by atoms with E-state index in [1.54, 1.807) is 9.80 Å². The molecule has 3 amide bonds. The van der Waals surface area contributed by atoms with Crippen molar-refractivity contribution in [3.8, 4) is 46.9 Å². The highest BCUT2D eigenvalue weighted by molar-refractivity contribution is 6.00. The summed E-state index contributed by atoms with van der Waals surface area (Å²) in [6.45, 7) is 2.59. The molecule has 0 radical (unpaired) electrons. The van der Waals surface area contributed by atoms with Crippen molar-refractivity contribution in [1.29, 1.82) is 0 Å². The third-order valence-corrected chi connectivity index (χ3v) is 13.8. The Labute approximate surface area is 418 Å². The summed E-state index contributed by atoms with van der Waals surface area (Å²) in [4.78, 5) is 81.8. The summed E-state index contributed by atoms with van der Waals surface area (Å²) in [6, 6.07) is 36.4. The van der Waals surface area contributed by atoms with Gasteiger partial charge < -0.3 is 35.1 Å². The van der Waals surface area contributed by atoms with Gasteiger partial charge in [0.25, 0.3) is 0 Å². The molecule has 0 saturated carbocycles. The molecule has 2 aliphatic heterocycles. The Kier molecular flexibility index (Phi) is 18.5. The van der Waals surface area contributed by atoms with Crippen LogP contribution in [0.1, 0.15) is 82.3 Å². The first-order valence-electron chi connectivity index (χ1n) is 24.2. The van der Waals surface area contributed by atoms with Gasteiger partial charge in [-0.25, -0.2) is 0 Å². The quantitative estimate of drug-likeness (QED) is 0.0987. The van der Waals surface area contributed by atoms with E-state index in [9.17, 15) is 28.8 Å². The largest absolute Gasteiger partial charge is 0.468 e. The van der Waals surface area contributed by atoms with Gasteiger partial charge >= 0.3 is 11.9 Å². The number of allylic oxidation sites excluding steroid dienone is 2. The summed E-state index contributed by atoms with van der Waals surface area (Å²) >= 11 is 0. The third kappa shape index (κ3) is 11.7. The molecule has 0 unspecified atom stereocenters. The summed E-state index contributed by atoms with van der Waals surface area (Å²) in [6.07, 6.45) is 19.9. The number of ketones is 1. The fraction of sp³-hybridized carbons (Fsp3) is 0.356. The molecule has 0 bridgehead atoms. The standard InChI is InChI=1S/C29H30N2O4.C27H29NO4.C3H5N/c1-3-18-30-26(32)19-24-27(33)31(25-12-8-5-9-17-29(24,25)28(34)35-2)20-21-13-15-23(16-14-21)22-10-6-4-7-11-22;1-19(29)17-23-25(30)28(24-11-7-4-8-16-27(23,24)26(31)32-2)18-20-12-14-22(15-13-20)21-9-5-3-6-10-21;1-2-3-4/h1,4,6-7,10-16,24H,5,8-9,17-20H2,2H3,(H,30,32);3,5-6,9-15,23H,4,7-8,16-18H2,1-2H3;1H,3-4H2/t24-,29-;23-,27-;/m11./s1. The number of amides is 3. The molecule has 3 N–H and O–H groups in total. The van der Waals surface area contributed by atoms with E-state index in [0.29, 0.717) is 43.9 Å². The molecule has 71 heavy (non-hydrogen) atoms. The molecule has 0 spiro atoms. The normalized spacial score (nSPS) is 21.0. The molecule has 4 aliphatic rings. The number of carbonyl (C=O) groups excluding carboxylic acids is 6. The number of hydrogen-bond acceptors (Lipinski definition) is 9. The van der Waals surface area contributed by atoms with Crippen molar-refractivity contribution < 1.29 is 38.2 Å². The Morgan fingerprint density at radius 1 is 0.620 bits per heavy atom. The molecule has 2 saturated heterocycles. The number of likely N-dealkylation sites (tertiary alicyclic amines) is 2. The van der Waals surface area contributed by atoms with Crippen LogP contribution in [0.25, 0.3) is 22.3 Å². The topological polar surface area (TPSA) is 165 Å². The van der Waals surface area contributed by atoms with Crippen LogP contribution in [-0.2, 0) is 51.3 Å². The van der Waals surface area contributed by atoms with Gasteiger partial charge in [-0.15, -0.1) is 12.8 Å². The van der Waals surface area contributed by atoms with Crippen molar-refractivity contribution in [3.63, 3.8) is 0 Å². The lowest BCUT2D eigenvalue weighted by molar-refractivity contribution is -0.156. The maximum Gasteiger partial charge on any atom is 0.318 e. The van der Waals surface area contributed by atoms with Crippen LogP contribution in [0.15, 0.2) is 133 Å². The molecule has 2 heterocycles. The molecular formula is C59H64N4O8. The van der Waals surface area contributed by atoms with Crippen LogP contribution >= 0.6 is 0 Å². The van der Waals surface area contributed by atoms with Gasteiger partial charge in [-0.1, -0.05) is 146 Å². The first kappa shape index (κ1) is 52.8. The van der Waals surface area contributed by atoms with Crippen LogP contribution < -0.4 is 11.1 Å². The van der Waals surface area contributed by atoms with Gasteiger partial charge in [-0.3, -0.25) is 24.0 Å². The number of rotatable bonds is 13. The van der Waals surface area contributed by atoms with Gasteiger partial charge in [-0.05, 0) is 78.8 Å². The highest BCUT2D eigenvalue weighted by Crippen LogP contribution is 2.55. The molecule has 2 aliphatic carbocycles. The number of nitrogens with zero attached hydrogens (tertiary/aromatic N) is 2. The van der Waals surface area contributed by atoms with E-state index in [-0.39, 0.29) is 42.9 Å². The van der Waals surface area contributed by atoms with E-state index in [2.05, 4.69) is 47.8 Å². The molecule has 4 aromatic carbocycles. The van der Waals surface area contributed by atoms with E-state index in [4.69, 9.17) is 21.6 Å².